The number of carbonyl (C=O) groups excluding carboxylic acids is 1. The van der Waals surface area contributed by atoms with Gasteiger partial charge in [-0.3, -0.25) is 9.59 Å². The summed E-state index contributed by atoms with van der Waals surface area (Å²) in [6, 6.07) is 1.48. The van der Waals surface area contributed by atoms with E-state index in [4.69, 9.17) is 0 Å². The standard InChI is InChI=1S/C9H10N2O2/c1-6(12)11-3-2-7-5-10-9(13)4-8(7)11/h4-5H,2-3H2,1H3,(H,10,13). The zero-order chi connectivity index (χ0) is 9.42. The second kappa shape index (κ2) is 2.73. The van der Waals surface area contributed by atoms with Crippen LogP contribution in [0.25, 0.3) is 0 Å². The first-order valence-corrected chi connectivity index (χ1v) is 4.18. The van der Waals surface area contributed by atoms with Crippen molar-refractivity contribution in [2.45, 2.75) is 13.3 Å². The van der Waals surface area contributed by atoms with Crippen LogP contribution in [0.5, 0.6) is 0 Å². The second-order valence-electron chi connectivity index (χ2n) is 3.13. The van der Waals surface area contributed by atoms with Gasteiger partial charge < -0.3 is 9.88 Å². The number of hydrogen-bond acceptors (Lipinski definition) is 2. The van der Waals surface area contributed by atoms with Crippen molar-refractivity contribution in [3.63, 3.8) is 0 Å². The van der Waals surface area contributed by atoms with Crippen LogP contribution >= 0.6 is 0 Å². The molecule has 0 aliphatic carbocycles. The number of pyridine rings is 1. The molecule has 2 rings (SSSR count). The molecule has 0 atom stereocenters. The number of hydrogen-bond donors (Lipinski definition) is 1. The number of rotatable bonds is 0. The van der Waals surface area contributed by atoms with Gasteiger partial charge in [-0.15, -0.1) is 0 Å². The van der Waals surface area contributed by atoms with Crippen LogP contribution in [0.4, 0.5) is 5.69 Å². The van der Waals surface area contributed by atoms with E-state index in [1.807, 2.05) is 0 Å². The molecule has 0 bridgehead atoms. The van der Waals surface area contributed by atoms with Gasteiger partial charge in [-0.25, -0.2) is 0 Å². The van der Waals surface area contributed by atoms with Crippen LogP contribution in [0.1, 0.15) is 12.5 Å². The fourth-order valence-corrected chi connectivity index (χ4v) is 1.62. The lowest BCUT2D eigenvalue weighted by atomic mass is 10.2. The maximum atomic E-state index is 11.1. The first-order valence-electron chi connectivity index (χ1n) is 4.18. The Labute approximate surface area is 75.2 Å². The van der Waals surface area contributed by atoms with Crippen LogP contribution in [-0.2, 0) is 11.2 Å². The Hall–Kier alpha value is -1.58. The maximum absolute atomic E-state index is 11.1. The van der Waals surface area contributed by atoms with E-state index < -0.39 is 0 Å². The van der Waals surface area contributed by atoms with Crippen molar-refractivity contribution in [3.05, 3.63) is 28.2 Å². The van der Waals surface area contributed by atoms with Crippen LogP contribution in [0.15, 0.2) is 17.1 Å². The first-order chi connectivity index (χ1) is 6.18. The smallest absolute Gasteiger partial charge is 0.250 e. The molecule has 4 heteroatoms. The Balaban J connectivity index is 2.52. The summed E-state index contributed by atoms with van der Waals surface area (Å²) >= 11 is 0. The van der Waals surface area contributed by atoms with Gasteiger partial charge in [-0.2, -0.15) is 0 Å². The molecule has 0 fully saturated rings. The molecule has 0 unspecified atom stereocenters. The highest BCUT2D eigenvalue weighted by atomic mass is 16.2. The zero-order valence-corrected chi connectivity index (χ0v) is 7.33. The summed E-state index contributed by atoms with van der Waals surface area (Å²) in [5, 5.41) is 0. The second-order valence-corrected chi connectivity index (χ2v) is 3.13. The molecule has 1 aliphatic heterocycles. The van der Waals surface area contributed by atoms with Crippen LogP contribution in [0.2, 0.25) is 0 Å². The maximum Gasteiger partial charge on any atom is 0.250 e. The van der Waals surface area contributed by atoms with E-state index in [0.717, 1.165) is 17.7 Å². The van der Waals surface area contributed by atoms with Gasteiger partial charge in [0, 0.05) is 25.7 Å². The highest BCUT2D eigenvalue weighted by Crippen LogP contribution is 2.24. The number of nitrogens with zero attached hydrogens (tertiary/aromatic N) is 1. The van der Waals surface area contributed by atoms with Gasteiger partial charge >= 0.3 is 0 Å². The quantitative estimate of drug-likeness (QED) is 0.620. The average molecular weight is 178 g/mol. The van der Waals surface area contributed by atoms with E-state index in [0.29, 0.717) is 6.54 Å². The summed E-state index contributed by atoms with van der Waals surface area (Å²) in [5.74, 6) is -0.00986. The van der Waals surface area contributed by atoms with Crippen LogP contribution in [0.3, 0.4) is 0 Å². The normalized spacial score (nSPS) is 14.4. The largest absolute Gasteiger partial charge is 0.329 e. The Morgan fingerprint density at radius 2 is 2.38 bits per heavy atom. The van der Waals surface area contributed by atoms with Crippen LogP contribution < -0.4 is 10.5 Å². The predicted octanol–water partition coefficient (Wildman–Crippen LogP) is 0.284. The molecule has 1 aromatic heterocycles. The van der Waals surface area contributed by atoms with Crippen molar-refractivity contribution in [2.24, 2.45) is 0 Å². The van der Waals surface area contributed by atoms with Crippen molar-refractivity contribution >= 4 is 11.6 Å². The number of amides is 1. The number of anilines is 1. The van der Waals surface area contributed by atoms with Gasteiger partial charge in [0.05, 0.1) is 5.69 Å². The van der Waals surface area contributed by atoms with Crippen molar-refractivity contribution < 1.29 is 4.79 Å². The first kappa shape index (κ1) is 8.04. The third-order valence-electron chi connectivity index (χ3n) is 2.26. The Morgan fingerprint density at radius 1 is 1.62 bits per heavy atom. The minimum Gasteiger partial charge on any atom is -0.329 e. The molecule has 0 saturated heterocycles. The minimum atomic E-state index is -0.160. The molecule has 1 aromatic rings. The van der Waals surface area contributed by atoms with Gasteiger partial charge in [0.1, 0.15) is 0 Å². The Morgan fingerprint density at radius 3 is 3.08 bits per heavy atom. The predicted molar refractivity (Wildman–Crippen MR) is 48.8 cm³/mol. The van der Waals surface area contributed by atoms with Crippen molar-refractivity contribution in [2.75, 3.05) is 11.4 Å². The molecule has 68 valence electrons. The molecule has 1 amide bonds. The average Bonchev–Trinajstić information content (AvgIpc) is 2.46. The summed E-state index contributed by atoms with van der Waals surface area (Å²) in [6.07, 6.45) is 2.51. The van der Waals surface area contributed by atoms with E-state index in [-0.39, 0.29) is 11.5 Å². The van der Waals surface area contributed by atoms with E-state index in [9.17, 15) is 9.59 Å². The monoisotopic (exact) mass is 178 g/mol. The number of nitrogens with one attached hydrogen (secondary N) is 1. The molecule has 0 radical (unpaired) electrons. The molecular formula is C9H10N2O2. The summed E-state index contributed by atoms with van der Waals surface area (Å²) < 4.78 is 0. The fourth-order valence-electron chi connectivity index (χ4n) is 1.62. The number of H-pyrrole nitrogens is 1. The van der Waals surface area contributed by atoms with Crippen LogP contribution in [0, 0.1) is 0 Å². The summed E-state index contributed by atoms with van der Waals surface area (Å²) in [5.41, 5.74) is 1.64. The SMILES string of the molecule is CC(=O)N1CCc2c[nH]c(=O)cc21. The highest BCUT2D eigenvalue weighted by molar-refractivity contribution is 5.93. The molecule has 0 saturated carbocycles. The molecule has 0 aromatic carbocycles. The fraction of sp³-hybridized carbons (Fsp3) is 0.333. The highest BCUT2D eigenvalue weighted by Gasteiger charge is 2.21. The van der Waals surface area contributed by atoms with Gasteiger partial charge in [0.2, 0.25) is 11.5 Å². The van der Waals surface area contributed by atoms with E-state index in [2.05, 4.69) is 4.98 Å². The molecule has 0 spiro atoms. The third kappa shape index (κ3) is 1.24. The van der Waals surface area contributed by atoms with Crippen molar-refractivity contribution in [3.8, 4) is 0 Å². The molecule has 2 heterocycles. The molecular weight excluding hydrogens is 168 g/mol. The summed E-state index contributed by atoms with van der Waals surface area (Å²) in [7, 11) is 0. The Bertz CT molecular complexity index is 408. The number of fused-ring (bicyclic) bond motifs is 1. The van der Waals surface area contributed by atoms with E-state index >= 15 is 0 Å². The zero-order valence-electron chi connectivity index (χ0n) is 7.33. The molecule has 1 aliphatic rings. The number of aromatic nitrogens is 1. The lowest BCUT2D eigenvalue weighted by Crippen LogP contribution is -2.26. The van der Waals surface area contributed by atoms with E-state index in [1.54, 1.807) is 11.1 Å². The van der Waals surface area contributed by atoms with Crippen molar-refractivity contribution in [1.29, 1.82) is 0 Å². The molecule has 4 nitrogen and oxygen atoms in total. The van der Waals surface area contributed by atoms with E-state index in [1.165, 1.54) is 13.0 Å². The number of carbonyl (C=O) groups is 1. The van der Waals surface area contributed by atoms with Crippen LogP contribution in [-0.4, -0.2) is 17.4 Å². The van der Waals surface area contributed by atoms with Gasteiger partial charge in [0.15, 0.2) is 0 Å². The molecule has 13 heavy (non-hydrogen) atoms. The topological polar surface area (TPSA) is 53.2 Å². The van der Waals surface area contributed by atoms with Crippen molar-refractivity contribution in [1.82, 2.24) is 4.98 Å². The minimum absolute atomic E-state index is 0.00986. The Kier molecular flexibility index (Phi) is 1.69. The molecule has 1 N–H and O–H groups in total. The summed E-state index contributed by atoms with van der Waals surface area (Å²) in [4.78, 5) is 26.4. The van der Waals surface area contributed by atoms with Gasteiger partial charge in [0.25, 0.3) is 0 Å². The number of aromatic amines is 1. The lowest BCUT2D eigenvalue weighted by molar-refractivity contribution is -0.116. The van der Waals surface area contributed by atoms with Gasteiger partial charge in [-0.1, -0.05) is 0 Å². The third-order valence-corrected chi connectivity index (χ3v) is 2.26. The lowest BCUT2D eigenvalue weighted by Gasteiger charge is -2.13. The van der Waals surface area contributed by atoms with Gasteiger partial charge in [-0.05, 0) is 12.0 Å². The summed E-state index contributed by atoms with van der Waals surface area (Å²) in [6.45, 7) is 2.19.